The van der Waals surface area contributed by atoms with Crippen LogP contribution in [-0.4, -0.2) is 23.2 Å². The van der Waals surface area contributed by atoms with Gasteiger partial charge in [-0.05, 0) is 55.7 Å². The summed E-state index contributed by atoms with van der Waals surface area (Å²) in [5.41, 5.74) is 1.70. The Morgan fingerprint density at radius 2 is 1.88 bits per heavy atom. The molecule has 5 aromatic rings. The predicted octanol–water partition coefficient (Wildman–Crippen LogP) is 4.96. The lowest BCUT2D eigenvalue weighted by Crippen LogP contribution is -2.15. The van der Waals surface area contributed by atoms with Crippen LogP contribution in [0.3, 0.4) is 0 Å². The molecule has 6 nitrogen and oxygen atoms in total. The zero-order valence-electron chi connectivity index (χ0n) is 18.1. The number of nitrogens with zero attached hydrogens (tertiary/aromatic N) is 3. The number of aryl methyl sites for hydroxylation is 1. The zero-order chi connectivity index (χ0) is 23.6. The SMILES string of the molecule is Cc1cc2c3c4cccnc4o/c(=N\S(=O)(=O)C4CC4)c3n(Cc3ccccc3F)c2cc1F. The number of sulfonamides is 1. The van der Waals surface area contributed by atoms with Gasteiger partial charge in [-0.2, -0.15) is 0 Å². The largest absolute Gasteiger partial charge is 0.417 e. The highest BCUT2D eigenvalue weighted by molar-refractivity contribution is 7.90. The summed E-state index contributed by atoms with van der Waals surface area (Å²) in [5, 5.41) is 1.40. The van der Waals surface area contributed by atoms with E-state index in [0.717, 1.165) is 0 Å². The molecule has 3 heterocycles. The minimum Gasteiger partial charge on any atom is -0.417 e. The highest BCUT2D eigenvalue weighted by atomic mass is 32.2. The lowest BCUT2D eigenvalue weighted by Gasteiger charge is -2.09. The third-order valence-electron chi connectivity index (χ3n) is 6.22. The van der Waals surface area contributed by atoms with Gasteiger partial charge in [0.1, 0.15) is 17.2 Å². The summed E-state index contributed by atoms with van der Waals surface area (Å²) >= 11 is 0. The number of benzene rings is 2. The average Bonchev–Trinajstić information content (AvgIpc) is 3.62. The molecule has 172 valence electrons. The number of aromatic nitrogens is 2. The van der Waals surface area contributed by atoms with Crippen molar-refractivity contribution in [2.24, 2.45) is 4.40 Å². The van der Waals surface area contributed by atoms with E-state index in [0.29, 0.717) is 51.2 Å². The summed E-state index contributed by atoms with van der Waals surface area (Å²) in [5.74, 6) is -0.845. The fourth-order valence-electron chi connectivity index (χ4n) is 4.35. The maximum Gasteiger partial charge on any atom is 0.259 e. The zero-order valence-corrected chi connectivity index (χ0v) is 18.9. The molecule has 0 unspecified atom stereocenters. The van der Waals surface area contributed by atoms with Crippen LogP contribution in [0.15, 0.2) is 63.5 Å². The summed E-state index contributed by atoms with van der Waals surface area (Å²) in [6.45, 7) is 1.69. The molecule has 0 radical (unpaired) electrons. The third kappa shape index (κ3) is 3.30. The second-order valence-electron chi connectivity index (χ2n) is 8.59. The first-order valence-corrected chi connectivity index (χ1v) is 12.4. The monoisotopic (exact) mass is 479 g/mol. The van der Waals surface area contributed by atoms with Crippen molar-refractivity contribution in [2.75, 3.05) is 0 Å². The van der Waals surface area contributed by atoms with E-state index in [9.17, 15) is 17.2 Å². The Hall–Kier alpha value is -3.59. The first-order valence-electron chi connectivity index (χ1n) is 10.9. The van der Waals surface area contributed by atoms with Crippen LogP contribution in [0, 0.1) is 18.6 Å². The minimum atomic E-state index is -3.81. The van der Waals surface area contributed by atoms with Gasteiger partial charge in [0.05, 0.1) is 17.3 Å². The molecule has 0 bridgehead atoms. The van der Waals surface area contributed by atoms with Crippen LogP contribution in [0.5, 0.6) is 0 Å². The van der Waals surface area contributed by atoms with Crippen LogP contribution in [0.4, 0.5) is 8.78 Å². The van der Waals surface area contributed by atoms with Crippen LogP contribution in [-0.2, 0) is 16.6 Å². The van der Waals surface area contributed by atoms with E-state index in [1.165, 1.54) is 12.1 Å². The lowest BCUT2D eigenvalue weighted by atomic mass is 10.1. The fraction of sp³-hybridized carbons (Fsp3) is 0.200. The highest BCUT2D eigenvalue weighted by Gasteiger charge is 2.36. The second kappa shape index (κ2) is 7.46. The van der Waals surface area contributed by atoms with Gasteiger partial charge in [-0.15, -0.1) is 4.40 Å². The van der Waals surface area contributed by atoms with Crippen molar-refractivity contribution in [2.45, 2.75) is 31.6 Å². The van der Waals surface area contributed by atoms with Gasteiger partial charge in [-0.25, -0.2) is 22.2 Å². The number of fused-ring (bicyclic) bond motifs is 5. The molecular weight excluding hydrogens is 460 g/mol. The van der Waals surface area contributed by atoms with E-state index in [1.54, 1.807) is 54.1 Å². The van der Waals surface area contributed by atoms with Crippen molar-refractivity contribution in [1.29, 1.82) is 0 Å². The van der Waals surface area contributed by atoms with E-state index in [1.807, 2.05) is 0 Å². The smallest absolute Gasteiger partial charge is 0.259 e. The van der Waals surface area contributed by atoms with Crippen LogP contribution in [0.2, 0.25) is 0 Å². The van der Waals surface area contributed by atoms with Gasteiger partial charge >= 0.3 is 0 Å². The molecule has 0 saturated heterocycles. The van der Waals surface area contributed by atoms with E-state index in [-0.39, 0.29) is 17.8 Å². The normalized spacial score (nSPS) is 15.1. The topological polar surface area (TPSA) is 77.5 Å². The standard InChI is InChI=1S/C25H19F2N3O3S/c1-14-11-18-21(12-20(14)27)30(13-15-5-2-3-7-19(15)26)23-22(18)17-6-4-10-28-24(17)33-25(23)29-34(31,32)16-8-9-16/h2-7,10-12,16H,8-9,13H2,1H3/b29-25-. The third-order valence-corrected chi connectivity index (χ3v) is 7.96. The Balaban J connectivity index is 1.82. The van der Waals surface area contributed by atoms with E-state index < -0.39 is 26.9 Å². The number of halogens is 2. The van der Waals surface area contributed by atoms with Gasteiger partial charge in [0.15, 0.2) is 0 Å². The van der Waals surface area contributed by atoms with Crippen LogP contribution in [0.1, 0.15) is 24.0 Å². The summed E-state index contributed by atoms with van der Waals surface area (Å²) in [7, 11) is -3.81. The molecule has 0 amide bonds. The molecule has 1 saturated carbocycles. The van der Waals surface area contributed by atoms with Crippen molar-refractivity contribution in [3.63, 3.8) is 0 Å². The van der Waals surface area contributed by atoms with Crippen LogP contribution < -0.4 is 5.55 Å². The molecule has 2 aromatic carbocycles. The van der Waals surface area contributed by atoms with Crippen molar-refractivity contribution in [3.05, 3.63) is 83.0 Å². The molecule has 0 atom stereocenters. The highest BCUT2D eigenvalue weighted by Crippen LogP contribution is 2.35. The molecule has 3 aromatic heterocycles. The van der Waals surface area contributed by atoms with E-state index in [4.69, 9.17) is 4.42 Å². The summed E-state index contributed by atoms with van der Waals surface area (Å²) in [4.78, 5) is 4.27. The molecule has 1 aliphatic rings. The van der Waals surface area contributed by atoms with Crippen molar-refractivity contribution >= 4 is 42.9 Å². The van der Waals surface area contributed by atoms with Crippen molar-refractivity contribution < 1.29 is 21.6 Å². The van der Waals surface area contributed by atoms with Gasteiger partial charge in [-0.3, -0.25) is 0 Å². The minimum absolute atomic E-state index is 0.0302. The summed E-state index contributed by atoms with van der Waals surface area (Å²) < 4.78 is 66.6. The lowest BCUT2D eigenvalue weighted by molar-refractivity contribution is 0.534. The summed E-state index contributed by atoms with van der Waals surface area (Å²) in [6.07, 6.45) is 2.63. The Kier molecular flexibility index (Phi) is 4.60. The Morgan fingerprint density at radius 1 is 1.09 bits per heavy atom. The molecule has 34 heavy (non-hydrogen) atoms. The predicted molar refractivity (Wildman–Crippen MR) is 125 cm³/mol. The molecule has 0 N–H and O–H groups in total. The van der Waals surface area contributed by atoms with Gasteiger partial charge in [-0.1, -0.05) is 18.2 Å². The summed E-state index contributed by atoms with van der Waals surface area (Å²) in [6, 6.07) is 12.9. The van der Waals surface area contributed by atoms with Gasteiger partial charge < -0.3 is 8.98 Å². The maximum atomic E-state index is 14.7. The van der Waals surface area contributed by atoms with Gasteiger partial charge in [0.2, 0.25) is 5.71 Å². The number of hydrogen-bond donors (Lipinski definition) is 0. The van der Waals surface area contributed by atoms with Gasteiger partial charge in [0.25, 0.3) is 15.6 Å². The Morgan fingerprint density at radius 3 is 2.65 bits per heavy atom. The molecule has 0 aliphatic heterocycles. The quantitative estimate of drug-likeness (QED) is 0.365. The first kappa shape index (κ1) is 21.0. The average molecular weight is 480 g/mol. The molecule has 6 rings (SSSR count). The molecule has 9 heteroatoms. The second-order valence-corrected chi connectivity index (χ2v) is 10.5. The number of pyridine rings is 1. The Labute approximate surface area is 193 Å². The molecular formula is C25H19F2N3O3S. The van der Waals surface area contributed by atoms with Gasteiger partial charge in [0, 0.05) is 27.9 Å². The van der Waals surface area contributed by atoms with E-state index >= 15 is 0 Å². The molecule has 1 fully saturated rings. The van der Waals surface area contributed by atoms with Crippen LogP contribution in [0.25, 0.3) is 32.9 Å². The maximum absolute atomic E-state index is 14.7. The van der Waals surface area contributed by atoms with Crippen LogP contribution >= 0.6 is 0 Å². The van der Waals surface area contributed by atoms with Crippen molar-refractivity contribution in [1.82, 2.24) is 9.55 Å². The molecule has 0 spiro atoms. The number of hydrogen-bond acceptors (Lipinski definition) is 4. The fourth-order valence-corrected chi connectivity index (χ4v) is 5.59. The first-order chi connectivity index (χ1) is 16.3. The number of rotatable bonds is 4. The molecule has 1 aliphatic carbocycles. The van der Waals surface area contributed by atoms with Crippen molar-refractivity contribution in [3.8, 4) is 0 Å². The van der Waals surface area contributed by atoms with E-state index in [2.05, 4.69) is 9.38 Å². The Bertz CT molecular complexity index is 1800.